The van der Waals surface area contributed by atoms with Gasteiger partial charge < -0.3 is 10.6 Å². The summed E-state index contributed by atoms with van der Waals surface area (Å²) in [4.78, 5) is 7.88. The Kier molecular flexibility index (Phi) is 9.34. The number of halogens is 4. The average Bonchev–Trinajstić information content (AvgIpc) is 3.02. The maximum Gasteiger partial charge on any atom is 0.434 e. The molecule has 0 spiro atoms. The van der Waals surface area contributed by atoms with Crippen LogP contribution in [0.25, 0.3) is 0 Å². The van der Waals surface area contributed by atoms with Crippen molar-refractivity contribution in [2.45, 2.75) is 33.0 Å². The molecule has 2 aromatic rings. The van der Waals surface area contributed by atoms with Crippen LogP contribution < -0.4 is 10.6 Å². The summed E-state index contributed by atoms with van der Waals surface area (Å²) >= 11 is 0.965. The first-order valence-corrected chi connectivity index (χ1v) is 8.85. The first-order chi connectivity index (χ1) is 11.9. The van der Waals surface area contributed by atoms with Crippen molar-refractivity contribution >= 4 is 41.3 Å². The number of rotatable bonds is 6. The smallest absolute Gasteiger partial charge is 0.357 e. The minimum Gasteiger partial charge on any atom is -0.357 e. The molecule has 0 saturated carbocycles. The fourth-order valence-corrected chi connectivity index (χ4v) is 2.92. The third-order valence-corrected chi connectivity index (χ3v) is 4.18. The molecule has 26 heavy (non-hydrogen) atoms. The van der Waals surface area contributed by atoms with Crippen molar-refractivity contribution in [3.63, 3.8) is 0 Å². The van der Waals surface area contributed by atoms with Gasteiger partial charge in [-0.3, -0.25) is 0 Å². The minimum absolute atomic E-state index is 0. The molecule has 0 fully saturated rings. The van der Waals surface area contributed by atoms with Crippen molar-refractivity contribution in [3.8, 4) is 0 Å². The van der Waals surface area contributed by atoms with E-state index in [0.717, 1.165) is 23.1 Å². The van der Waals surface area contributed by atoms with Crippen LogP contribution in [0, 0.1) is 6.92 Å². The number of aryl methyl sites for hydroxylation is 1. The Morgan fingerprint density at radius 2 is 2.04 bits per heavy atom. The van der Waals surface area contributed by atoms with Gasteiger partial charge in [0.15, 0.2) is 11.7 Å². The van der Waals surface area contributed by atoms with Gasteiger partial charge in [-0.05, 0) is 25.8 Å². The Balaban J connectivity index is 0.00000338. The Morgan fingerprint density at radius 1 is 1.27 bits per heavy atom. The van der Waals surface area contributed by atoms with Crippen LogP contribution in [0.5, 0.6) is 0 Å². The molecule has 1 aromatic carbocycles. The summed E-state index contributed by atoms with van der Waals surface area (Å²) in [6.45, 7) is 5.44. The highest BCUT2D eigenvalue weighted by Crippen LogP contribution is 2.30. The number of alkyl halides is 3. The van der Waals surface area contributed by atoms with Crippen molar-refractivity contribution in [1.82, 2.24) is 15.6 Å². The number of benzene rings is 1. The van der Waals surface area contributed by atoms with Crippen LogP contribution in [0.3, 0.4) is 0 Å². The van der Waals surface area contributed by atoms with Crippen molar-refractivity contribution in [3.05, 3.63) is 51.5 Å². The van der Waals surface area contributed by atoms with E-state index in [0.29, 0.717) is 24.1 Å². The van der Waals surface area contributed by atoms with Gasteiger partial charge in [0, 0.05) is 18.5 Å². The quantitative estimate of drug-likeness (QED) is 0.353. The normalized spacial score (nSPS) is 11.8. The molecule has 0 saturated heterocycles. The fraction of sp³-hybridized carbons (Fsp3) is 0.412. The maximum absolute atomic E-state index is 12.6. The van der Waals surface area contributed by atoms with Crippen molar-refractivity contribution < 1.29 is 13.2 Å². The number of aromatic nitrogens is 1. The van der Waals surface area contributed by atoms with Crippen LogP contribution in [0.2, 0.25) is 0 Å². The van der Waals surface area contributed by atoms with E-state index in [-0.39, 0.29) is 30.5 Å². The van der Waals surface area contributed by atoms with Crippen molar-refractivity contribution in [2.75, 3.05) is 13.1 Å². The van der Waals surface area contributed by atoms with Crippen LogP contribution in [-0.2, 0) is 19.1 Å². The monoisotopic (exact) mass is 498 g/mol. The first kappa shape index (κ1) is 22.7. The molecule has 144 valence electrons. The number of nitrogens with zero attached hydrogens (tertiary/aromatic N) is 2. The van der Waals surface area contributed by atoms with Gasteiger partial charge in [-0.2, -0.15) is 13.2 Å². The zero-order valence-corrected chi connectivity index (χ0v) is 17.7. The molecule has 2 N–H and O–H groups in total. The topological polar surface area (TPSA) is 49.3 Å². The van der Waals surface area contributed by atoms with Gasteiger partial charge in [-0.15, -0.1) is 35.3 Å². The summed E-state index contributed by atoms with van der Waals surface area (Å²) in [5.74, 6) is 0.568. The standard InChI is InChI=1S/C17H21F3N4S.HI/c1-3-21-16(22-8-7-13-6-4-5-12(2)9-13)23-10-15-24-14(11-25-15)17(18,19)20;/h4-6,9,11H,3,7-8,10H2,1-2H3,(H2,21,22,23);1H. The Hall–Kier alpha value is -1.36. The molecule has 0 radical (unpaired) electrons. The predicted octanol–water partition coefficient (Wildman–Crippen LogP) is 4.39. The highest BCUT2D eigenvalue weighted by Gasteiger charge is 2.33. The van der Waals surface area contributed by atoms with Crippen LogP contribution >= 0.6 is 35.3 Å². The molecule has 9 heteroatoms. The molecule has 4 nitrogen and oxygen atoms in total. The summed E-state index contributed by atoms with van der Waals surface area (Å²) in [5.41, 5.74) is 1.57. The van der Waals surface area contributed by atoms with E-state index in [2.05, 4.69) is 32.7 Å². The molecule has 1 aromatic heterocycles. The van der Waals surface area contributed by atoms with Gasteiger partial charge in [0.1, 0.15) is 5.01 Å². The number of guanidine groups is 1. The van der Waals surface area contributed by atoms with Crippen molar-refractivity contribution in [1.29, 1.82) is 0 Å². The molecule has 0 aliphatic rings. The molecule has 2 rings (SSSR count). The van der Waals surface area contributed by atoms with Gasteiger partial charge in [-0.25, -0.2) is 9.98 Å². The van der Waals surface area contributed by atoms with Crippen LogP contribution in [0.4, 0.5) is 13.2 Å². The highest BCUT2D eigenvalue weighted by atomic mass is 127. The van der Waals surface area contributed by atoms with E-state index in [1.165, 1.54) is 11.1 Å². The molecule has 0 aliphatic heterocycles. The average molecular weight is 498 g/mol. The number of hydrogen-bond donors (Lipinski definition) is 2. The SMILES string of the molecule is CCNC(=NCc1nc(C(F)(F)F)cs1)NCCc1cccc(C)c1.I. The maximum atomic E-state index is 12.6. The Labute approximate surface area is 172 Å². The minimum atomic E-state index is -4.41. The molecule has 0 atom stereocenters. The fourth-order valence-electron chi connectivity index (χ4n) is 2.20. The summed E-state index contributed by atoms with van der Waals surface area (Å²) in [5, 5.41) is 7.62. The summed E-state index contributed by atoms with van der Waals surface area (Å²) in [6, 6.07) is 8.25. The molecule has 0 aliphatic carbocycles. The molecule has 0 bridgehead atoms. The Bertz CT molecular complexity index is 716. The lowest BCUT2D eigenvalue weighted by Gasteiger charge is -2.11. The number of hydrogen-bond acceptors (Lipinski definition) is 3. The second-order valence-corrected chi connectivity index (χ2v) is 6.43. The zero-order valence-electron chi connectivity index (χ0n) is 14.6. The van der Waals surface area contributed by atoms with Gasteiger partial charge in [0.2, 0.25) is 0 Å². The lowest BCUT2D eigenvalue weighted by Crippen LogP contribution is -2.38. The molecule has 1 heterocycles. The molecule has 0 amide bonds. The van der Waals surface area contributed by atoms with Crippen LogP contribution in [0.1, 0.15) is 28.8 Å². The van der Waals surface area contributed by atoms with Gasteiger partial charge in [-0.1, -0.05) is 29.8 Å². The van der Waals surface area contributed by atoms with E-state index in [1.807, 2.05) is 26.0 Å². The second kappa shape index (κ2) is 10.7. The predicted molar refractivity (Wildman–Crippen MR) is 110 cm³/mol. The number of nitrogens with one attached hydrogen (secondary N) is 2. The van der Waals surface area contributed by atoms with Crippen LogP contribution in [0.15, 0.2) is 34.6 Å². The third kappa shape index (κ3) is 7.48. The van der Waals surface area contributed by atoms with Crippen molar-refractivity contribution in [2.24, 2.45) is 4.99 Å². The number of aliphatic imine (C=N–C) groups is 1. The first-order valence-electron chi connectivity index (χ1n) is 7.98. The zero-order chi connectivity index (χ0) is 18.3. The largest absolute Gasteiger partial charge is 0.434 e. The Morgan fingerprint density at radius 3 is 2.65 bits per heavy atom. The molecular formula is C17H22F3IN4S. The number of thiazole rings is 1. The van der Waals surface area contributed by atoms with E-state index in [4.69, 9.17) is 0 Å². The van der Waals surface area contributed by atoms with Crippen LogP contribution in [-0.4, -0.2) is 24.0 Å². The van der Waals surface area contributed by atoms with E-state index >= 15 is 0 Å². The summed E-state index contributed by atoms with van der Waals surface area (Å²) in [6.07, 6.45) is -3.57. The van der Waals surface area contributed by atoms with Gasteiger partial charge >= 0.3 is 6.18 Å². The van der Waals surface area contributed by atoms with E-state index in [1.54, 1.807) is 0 Å². The second-order valence-electron chi connectivity index (χ2n) is 5.49. The lowest BCUT2D eigenvalue weighted by molar-refractivity contribution is -0.140. The summed E-state index contributed by atoms with van der Waals surface area (Å²) < 4.78 is 37.7. The third-order valence-electron chi connectivity index (χ3n) is 3.35. The summed E-state index contributed by atoms with van der Waals surface area (Å²) in [7, 11) is 0. The lowest BCUT2D eigenvalue weighted by atomic mass is 10.1. The molecule has 0 unspecified atom stereocenters. The van der Waals surface area contributed by atoms with Gasteiger partial charge in [0.05, 0.1) is 6.54 Å². The van der Waals surface area contributed by atoms with Gasteiger partial charge in [0.25, 0.3) is 0 Å². The molecular weight excluding hydrogens is 476 g/mol. The van der Waals surface area contributed by atoms with E-state index in [9.17, 15) is 13.2 Å². The van der Waals surface area contributed by atoms with E-state index < -0.39 is 11.9 Å². The highest BCUT2D eigenvalue weighted by molar-refractivity contribution is 14.0.